The predicted octanol–water partition coefficient (Wildman–Crippen LogP) is 3.03. The number of benzene rings is 1. The second kappa shape index (κ2) is 6.13. The van der Waals surface area contributed by atoms with Gasteiger partial charge in [-0.2, -0.15) is 0 Å². The van der Waals surface area contributed by atoms with Crippen molar-refractivity contribution < 1.29 is 0 Å². The first-order valence-electron chi connectivity index (χ1n) is 8.31. The van der Waals surface area contributed by atoms with E-state index in [1.165, 1.54) is 17.4 Å². The highest BCUT2D eigenvalue weighted by Crippen LogP contribution is 2.25. The molecule has 4 heteroatoms. The molecule has 1 unspecified atom stereocenters. The van der Waals surface area contributed by atoms with Gasteiger partial charge in [-0.15, -0.1) is 0 Å². The summed E-state index contributed by atoms with van der Waals surface area (Å²) in [5, 5.41) is 1.24. The fraction of sp³-hybridized carbons (Fsp3) is 0.368. The number of hydrogen-bond donors (Lipinski definition) is 0. The minimum absolute atomic E-state index is 0.711. The third-order valence-corrected chi connectivity index (χ3v) is 4.88. The summed E-state index contributed by atoms with van der Waals surface area (Å²) in [5.41, 5.74) is 2.55. The Kier molecular flexibility index (Phi) is 3.83. The van der Waals surface area contributed by atoms with Crippen molar-refractivity contribution in [1.29, 1.82) is 0 Å². The largest absolute Gasteiger partial charge is 0.337 e. The Morgan fingerprint density at radius 2 is 2.04 bits per heavy atom. The Hall–Kier alpha value is -2.20. The number of imidazole rings is 1. The first-order valence-corrected chi connectivity index (χ1v) is 8.31. The molecule has 4 rings (SSSR count). The van der Waals surface area contributed by atoms with E-state index in [0.717, 1.165) is 37.4 Å². The average Bonchev–Trinajstić information content (AvgIpc) is 3.18. The standard InChI is InChI=1S/C19H22N4/c1-22-11-9-20-18(22)14-23-10-7-15(13-23)12-17-5-2-4-16-6-3-8-21-19(16)17/h2-6,8-9,11,15H,7,10,12-14H2,1H3. The van der Waals surface area contributed by atoms with Crippen molar-refractivity contribution in [2.45, 2.75) is 19.4 Å². The summed E-state index contributed by atoms with van der Waals surface area (Å²) < 4.78 is 2.11. The zero-order valence-corrected chi connectivity index (χ0v) is 13.5. The number of aryl methyl sites for hydroxylation is 1. The van der Waals surface area contributed by atoms with Gasteiger partial charge in [-0.05, 0) is 36.9 Å². The zero-order valence-electron chi connectivity index (χ0n) is 13.5. The van der Waals surface area contributed by atoms with Crippen LogP contribution < -0.4 is 0 Å². The van der Waals surface area contributed by atoms with Gasteiger partial charge < -0.3 is 4.57 Å². The van der Waals surface area contributed by atoms with Crippen molar-refractivity contribution >= 4 is 10.9 Å². The highest BCUT2D eigenvalue weighted by Gasteiger charge is 2.24. The first kappa shape index (κ1) is 14.4. The maximum absolute atomic E-state index is 4.59. The van der Waals surface area contributed by atoms with E-state index in [1.807, 2.05) is 24.7 Å². The molecule has 1 fully saturated rings. The molecule has 1 saturated heterocycles. The fourth-order valence-corrected chi connectivity index (χ4v) is 3.62. The van der Waals surface area contributed by atoms with E-state index in [9.17, 15) is 0 Å². The lowest BCUT2D eigenvalue weighted by Gasteiger charge is -2.16. The van der Waals surface area contributed by atoms with Gasteiger partial charge in [-0.1, -0.05) is 24.3 Å². The van der Waals surface area contributed by atoms with E-state index >= 15 is 0 Å². The van der Waals surface area contributed by atoms with Crippen LogP contribution >= 0.6 is 0 Å². The number of likely N-dealkylation sites (tertiary alicyclic amines) is 1. The molecule has 0 spiro atoms. The molecule has 1 aliphatic heterocycles. The summed E-state index contributed by atoms with van der Waals surface area (Å²) in [4.78, 5) is 11.5. The number of hydrogen-bond acceptors (Lipinski definition) is 3. The summed E-state index contributed by atoms with van der Waals surface area (Å²) in [6.45, 7) is 3.26. The molecule has 2 aromatic heterocycles. The molecule has 4 nitrogen and oxygen atoms in total. The smallest absolute Gasteiger partial charge is 0.122 e. The molecule has 3 heterocycles. The Morgan fingerprint density at radius 3 is 2.91 bits per heavy atom. The molecule has 1 atom stereocenters. The molecule has 3 aromatic rings. The van der Waals surface area contributed by atoms with Crippen molar-refractivity contribution in [2.24, 2.45) is 13.0 Å². The van der Waals surface area contributed by atoms with E-state index in [0.29, 0.717) is 5.92 Å². The van der Waals surface area contributed by atoms with Gasteiger partial charge in [0.2, 0.25) is 0 Å². The third kappa shape index (κ3) is 2.99. The van der Waals surface area contributed by atoms with Gasteiger partial charge in [0.15, 0.2) is 0 Å². The zero-order chi connectivity index (χ0) is 15.6. The molecule has 23 heavy (non-hydrogen) atoms. The Labute approximate surface area is 136 Å². The van der Waals surface area contributed by atoms with E-state index in [2.05, 4.69) is 50.7 Å². The van der Waals surface area contributed by atoms with Crippen LogP contribution in [0.15, 0.2) is 48.9 Å². The molecule has 1 aromatic carbocycles. The minimum Gasteiger partial charge on any atom is -0.337 e. The monoisotopic (exact) mass is 306 g/mol. The first-order chi connectivity index (χ1) is 11.3. The van der Waals surface area contributed by atoms with Gasteiger partial charge in [0.05, 0.1) is 12.1 Å². The van der Waals surface area contributed by atoms with Crippen LogP contribution in [-0.2, 0) is 20.0 Å². The van der Waals surface area contributed by atoms with E-state index in [-0.39, 0.29) is 0 Å². The molecule has 0 bridgehead atoms. The maximum Gasteiger partial charge on any atom is 0.122 e. The van der Waals surface area contributed by atoms with Crippen LogP contribution in [0.4, 0.5) is 0 Å². The number of nitrogens with zero attached hydrogens (tertiary/aromatic N) is 4. The van der Waals surface area contributed by atoms with Gasteiger partial charge >= 0.3 is 0 Å². The Bertz CT molecular complexity index is 802. The van der Waals surface area contributed by atoms with Crippen LogP contribution in [0, 0.1) is 5.92 Å². The number of rotatable bonds is 4. The van der Waals surface area contributed by atoms with Gasteiger partial charge in [-0.25, -0.2) is 4.98 Å². The van der Waals surface area contributed by atoms with Gasteiger partial charge in [0.25, 0.3) is 0 Å². The predicted molar refractivity (Wildman–Crippen MR) is 92.0 cm³/mol. The number of pyridine rings is 1. The maximum atomic E-state index is 4.59. The summed E-state index contributed by atoms with van der Waals surface area (Å²) in [5.74, 6) is 1.86. The van der Waals surface area contributed by atoms with Crippen molar-refractivity contribution in [2.75, 3.05) is 13.1 Å². The van der Waals surface area contributed by atoms with Gasteiger partial charge in [0.1, 0.15) is 5.82 Å². The molecule has 1 aliphatic rings. The highest BCUT2D eigenvalue weighted by molar-refractivity contribution is 5.81. The summed E-state index contributed by atoms with van der Waals surface area (Å²) in [6, 6.07) is 10.7. The second-order valence-electron chi connectivity index (χ2n) is 6.54. The average molecular weight is 306 g/mol. The molecule has 0 aliphatic carbocycles. The van der Waals surface area contributed by atoms with Crippen LogP contribution in [-0.4, -0.2) is 32.5 Å². The van der Waals surface area contributed by atoms with Gasteiger partial charge in [-0.3, -0.25) is 9.88 Å². The molecular weight excluding hydrogens is 284 g/mol. The summed E-state index contributed by atoms with van der Waals surface area (Å²) >= 11 is 0. The minimum atomic E-state index is 0.711. The Morgan fingerprint density at radius 1 is 1.13 bits per heavy atom. The highest BCUT2D eigenvalue weighted by atomic mass is 15.2. The van der Waals surface area contributed by atoms with Crippen LogP contribution in [0.25, 0.3) is 10.9 Å². The lowest BCUT2D eigenvalue weighted by molar-refractivity contribution is 0.305. The number of fused-ring (bicyclic) bond motifs is 1. The van der Waals surface area contributed by atoms with E-state index in [1.54, 1.807) is 0 Å². The van der Waals surface area contributed by atoms with E-state index < -0.39 is 0 Å². The lowest BCUT2D eigenvalue weighted by atomic mass is 9.97. The lowest BCUT2D eigenvalue weighted by Crippen LogP contribution is -2.22. The van der Waals surface area contributed by atoms with E-state index in [4.69, 9.17) is 0 Å². The summed E-state index contributed by atoms with van der Waals surface area (Å²) in [6.07, 6.45) is 8.17. The molecular formula is C19H22N4. The molecule has 118 valence electrons. The van der Waals surface area contributed by atoms with Crippen molar-refractivity contribution in [1.82, 2.24) is 19.4 Å². The Balaban J connectivity index is 1.45. The molecule has 0 radical (unpaired) electrons. The topological polar surface area (TPSA) is 34.0 Å². The molecule has 0 saturated carbocycles. The normalized spacial score (nSPS) is 18.7. The quantitative estimate of drug-likeness (QED) is 0.743. The number of aromatic nitrogens is 3. The van der Waals surface area contributed by atoms with Crippen molar-refractivity contribution in [3.8, 4) is 0 Å². The fourth-order valence-electron chi connectivity index (χ4n) is 3.62. The third-order valence-electron chi connectivity index (χ3n) is 4.88. The van der Waals surface area contributed by atoms with Crippen LogP contribution in [0.2, 0.25) is 0 Å². The second-order valence-corrected chi connectivity index (χ2v) is 6.54. The SMILES string of the molecule is Cn1ccnc1CN1CCC(Cc2cccc3cccnc23)C1. The van der Waals surface area contributed by atoms with Crippen molar-refractivity contribution in [3.63, 3.8) is 0 Å². The molecule has 0 amide bonds. The summed E-state index contributed by atoms with van der Waals surface area (Å²) in [7, 11) is 2.07. The van der Waals surface area contributed by atoms with Gasteiger partial charge in [0, 0.05) is 37.6 Å². The van der Waals surface area contributed by atoms with Crippen LogP contribution in [0.3, 0.4) is 0 Å². The number of para-hydroxylation sites is 1. The van der Waals surface area contributed by atoms with Crippen LogP contribution in [0.5, 0.6) is 0 Å². The molecule has 0 N–H and O–H groups in total. The van der Waals surface area contributed by atoms with Crippen molar-refractivity contribution in [3.05, 3.63) is 60.3 Å². The van der Waals surface area contributed by atoms with Crippen LogP contribution in [0.1, 0.15) is 17.8 Å².